The molecule has 1 amide bonds. The number of hydrogen-bond donors (Lipinski definition) is 3. The van der Waals surface area contributed by atoms with Gasteiger partial charge < -0.3 is 19.9 Å². The van der Waals surface area contributed by atoms with E-state index in [1.807, 2.05) is 30.3 Å². The van der Waals surface area contributed by atoms with Gasteiger partial charge in [-0.15, -0.1) is 0 Å². The van der Waals surface area contributed by atoms with E-state index in [0.717, 1.165) is 11.1 Å². The first-order chi connectivity index (χ1) is 15.1. The van der Waals surface area contributed by atoms with Crippen molar-refractivity contribution in [3.8, 4) is 0 Å². The molecule has 174 valence electrons. The lowest BCUT2D eigenvalue weighted by Gasteiger charge is -2.29. The Kier molecular flexibility index (Phi) is 9.50. The van der Waals surface area contributed by atoms with E-state index in [9.17, 15) is 14.7 Å². The third-order valence-electron chi connectivity index (χ3n) is 4.59. The monoisotopic (exact) mass is 462 g/mol. The molecule has 3 atom stereocenters. The summed E-state index contributed by atoms with van der Waals surface area (Å²) in [5.41, 5.74) is 1.04. The Hall–Kier alpha value is -2.61. The summed E-state index contributed by atoms with van der Waals surface area (Å²) in [6, 6.07) is 14.9. The van der Waals surface area contributed by atoms with Crippen LogP contribution in [0.3, 0.4) is 0 Å². The molecule has 0 aliphatic heterocycles. The maximum atomic E-state index is 12.4. The fraction of sp³-hybridized carbons (Fsp3) is 0.417. The van der Waals surface area contributed by atoms with Crippen molar-refractivity contribution in [3.05, 3.63) is 70.7 Å². The third kappa shape index (κ3) is 8.86. The molecule has 0 aliphatic carbocycles. The molecule has 0 bridgehead atoms. The van der Waals surface area contributed by atoms with E-state index in [-0.39, 0.29) is 6.42 Å². The molecule has 0 spiro atoms. The summed E-state index contributed by atoms with van der Waals surface area (Å²) in [6.07, 6.45) is -1.34. The van der Waals surface area contributed by atoms with Crippen LogP contribution in [0.2, 0.25) is 5.02 Å². The number of esters is 1. The normalized spacial score (nSPS) is 14.2. The van der Waals surface area contributed by atoms with E-state index >= 15 is 0 Å². The number of carbonyl (C=O) groups excluding carboxylic acids is 2. The van der Waals surface area contributed by atoms with Gasteiger partial charge in [0.05, 0.1) is 13.2 Å². The number of amides is 1. The Balaban J connectivity index is 2.19. The van der Waals surface area contributed by atoms with Crippen LogP contribution >= 0.6 is 11.6 Å². The van der Waals surface area contributed by atoms with Crippen LogP contribution in [-0.2, 0) is 27.1 Å². The molecule has 0 saturated carbocycles. The van der Waals surface area contributed by atoms with Gasteiger partial charge >= 0.3 is 12.1 Å². The second-order valence-corrected chi connectivity index (χ2v) is 8.90. The van der Waals surface area contributed by atoms with Crippen molar-refractivity contribution in [3.63, 3.8) is 0 Å². The van der Waals surface area contributed by atoms with Crippen LogP contribution in [0.4, 0.5) is 4.79 Å². The number of aliphatic hydroxyl groups excluding tert-OH is 1. The van der Waals surface area contributed by atoms with Crippen LogP contribution in [-0.4, -0.2) is 48.2 Å². The molecule has 2 aromatic rings. The van der Waals surface area contributed by atoms with Gasteiger partial charge in [-0.3, -0.25) is 10.1 Å². The summed E-state index contributed by atoms with van der Waals surface area (Å²) in [6.45, 7) is 5.26. The summed E-state index contributed by atoms with van der Waals surface area (Å²) in [4.78, 5) is 24.8. The Morgan fingerprint density at radius 3 is 2.16 bits per heavy atom. The van der Waals surface area contributed by atoms with Gasteiger partial charge in [0, 0.05) is 5.02 Å². The van der Waals surface area contributed by atoms with Crippen molar-refractivity contribution >= 4 is 23.7 Å². The number of ether oxygens (including phenoxy) is 2. The van der Waals surface area contributed by atoms with Crippen LogP contribution in [0.1, 0.15) is 31.9 Å². The molecule has 7 nitrogen and oxygen atoms in total. The van der Waals surface area contributed by atoms with Gasteiger partial charge in [0.1, 0.15) is 17.9 Å². The lowest BCUT2D eigenvalue weighted by atomic mass is 10.0. The number of alkyl carbamates (subject to hydrolysis) is 1. The molecular weight excluding hydrogens is 432 g/mol. The van der Waals surface area contributed by atoms with Crippen LogP contribution in [0, 0.1) is 0 Å². The number of rotatable bonds is 9. The highest BCUT2D eigenvalue weighted by Gasteiger charge is 2.29. The van der Waals surface area contributed by atoms with Crippen LogP contribution in [0.5, 0.6) is 0 Å². The Bertz CT molecular complexity index is 868. The van der Waals surface area contributed by atoms with Gasteiger partial charge in [0.2, 0.25) is 0 Å². The summed E-state index contributed by atoms with van der Waals surface area (Å²) >= 11 is 5.96. The van der Waals surface area contributed by atoms with Gasteiger partial charge in [0.25, 0.3) is 0 Å². The van der Waals surface area contributed by atoms with Gasteiger partial charge in [0.15, 0.2) is 0 Å². The van der Waals surface area contributed by atoms with Crippen molar-refractivity contribution in [2.75, 3.05) is 7.11 Å². The second-order valence-electron chi connectivity index (χ2n) is 8.46. The smallest absolute Gasteiger partial charge is 0.408 e. The molecule has 0 aromatic heterocycles. The zero-order valence-electron chi connectivity index (χ0n) is 18.8. The van der Waals surface area contributed by atoms with Gasteiger partial charge in [-0.2, -0.15) is 0 Å². The van der Waals surface area contributed by atoms with Crippen molar-refractivity contribution < 1.29 is 24.2 Å². The number of carbonyl (C=O) groups is 2. The number of nitrogens with one attached hydrogen (secondary N) is 2. The first kappa shape index (κ1) is 25.6. The Morgan fingerprint density at radius 2 is 1.59 bits per heavy atom. The zero-order chi connectivity index (χ0) is 23.7. The maximum absolute atomic E-state index is 12.4. The zero-order valence-corrected chi connectivity index (χ0v) is 19.6. The average Bonchev–Trinajstić information content (AvgIpc) is 2.73. The molecule has 8 heteroatoms. The van der Waals surface area contributed by atoms with Gasteiger partial charge in [-0.1, -0.05) is 54.1 Å². The van der Waals surface area contributed by atoms with Crippen molar-refractivity contribution in [1.29, 1.82) is 0 Å². The first-order valence-electron chi connectivity index (χ1n) is 10.4. The molecule has 1 unspecified atom stereocenters. The lowest BCUT2D eigenvalue weighted by Crippen LogP contribution is -2.56. The number of benzene rings is 2. The van der Waals surface area contributed by atoms with Crippen molar-refractivity contribution in [2.45, 2.75) is 57.5 Å². The standard InChI is InChI=1S/C24H31ClN2O5/c1-24(2,3)32-23(30)27-19(14-17-10-12-18(25)13-11-17)21(28)26-20(22(29)31-4)15-16-8-6-5-7-9-16/h5-13,19-21,26,28H,14-15H2,1-4H3,(H,27,30)/t19-,20+,21?/m1/s1. The van der Waals surface area contributed by atoms with Crippen molar-refractivity contribution in [2.24, 2.45) is 0 Å². The quantitative estimate of drug-likeness (QED) is 0.390. The second kappa shape index (κ2) is 11.9. The maximum Gasteiger partial charge on any atom is 0.408 e. The van der Waals surface area contributed by atoms with Gasteiger partial charge in [-0.25, -0.2) is 4.79 Å². The highest BCUT2D eigenvalue weighted by molar-refractivity contribution is 6.30. The number of aliphatic hydroxyl groups is 1. The fourth-order valence-corrected chi connectivity index (χ4v) is 3.23. The molecule has 2 aromatic carbocycles. The summed E-state index contributed by atoms with van der Waals surface area (Å²) in [5.74, 6) is -0.518. The molecule has 2 rings (SSSR count). The summed E-state index contributed by atoms with van der Waals surface area (Å²) in [5, 5.41) is 17.1. The highest BCUT2D eigenvalue weighted by atomic mass is 35.5. The van der Waals surface area contributed by atoms with E-state index in [0.29, 0.717) is 11.4 Å². The van der Waals surface area contributed by atoms with Crippen LogP contribution < -0.4 is 10.6 Å². The number of hydrogen-bond acceptors (Lipinski definition) is 6. The van der Waals surface area contributed by atoms with E-state index in [4.69, 9.17) is 21.1 Å². The minimum absolute atomic E-state index is 0.282. The Labute approximate surface area is 194 Å². The summed E-state index contributed by atoms with van der Waals surface area (Å²) < 4.78 is 10.2. The first-order valence-corrected chi connectivity index (χ1v) is 10.7. The summed E-state index contributed by atoms with van der Waals surface area (Å²) in [7, 11) is 1.29. The molecule has 0 aliphatic rings. The van der Waals surface area contributed by atoms with E-state index in [2.05, 4.69) is 10.6 Å². The Morgan fingerprint density at radius 1 is 1.00 bits per heavy atom. The van der Waals surface area contributed by atoms with Crippen molar-refractivity contribution in [1.82, 2.24) is 10.6 Å². The molecule has 0 saturated heterocycles. The molecule has 0 heterocycles. The molecule has 32 heavy (non-hydrogen) atoms. The van der Waals surface area contributed by atoms with E-state index < -0.39 is 36.0 Å². The average molecular weight is 463 g/mol. The third-order valence-corrected chi connectivity index (χ3v) is 4.84. The minimum atomic E-state index is -1.26. The molecule has 3 N–H and O–H groups in total. The molecule has 0 fully saturated rings. The number of halogens is 1. The number of methoxy groups -OCH3 is 1. The van der Waals surface area contributed by atoms with E-state index in [1.165, 1.54) is 7.11 Å². The lowest BCUT2D eigenvalue weighted by molar-refractivity contribution is -0.144. The fourth-order valence-electron chi connectivity index (χ4n) is 3.10. The van der Waals surface area contributed by atoms with E-state index in [1.54, 1.807) is 45.0 Å². The molecule has 0 radical (unpaired) electrons. The van der Waals surface area contributed by atoms with Crippen LogP contribution in [0.25, 0.3) is 0 Å². The topological polar surface area (TPSA) is 96.9 Å². The largest absolute Gasteiger partial charge is 0.468 e. The van der Waals surface area contributed by atoms with Crippen LogP contribution in [0.15, 0.2) is 54.6 Å². The SMILES string of the molecule is COC(=O)[C@H](Cc1ccccc1)NC(O)[C@@H](Cc1ccc(Cl)cc1)NC(=O)OC(C)(C)C. The highest BCUT2D eigenvalue weighted by Crippen LogP contribution is 2.14. The predicted octanol–water partition coefficient (Wildman–Crippen LogP) is 3.47. The predicted molar refractivity (Wildman–Crippen MR) is 123 cm³/mol. The van der Waals surface area contributed by atoms with Gasteiger partial charge in [-0.05, 0) is 56.9 Å². The minimum Gasteiger partial charge on any atom is -0.468 e. The molecular formula is C24H31ClN2O5.